The third-order valence-electron chi connectivity index (χ3n) is 1.99. The highest BCUT2D eigenvalue weighted by atomic mass is 127. The van der Waals surface area contributed by atoms with Crippen LogP contribution < -0.4 is 0 Å². The molecule has 0 aliphatic rings. The van der Waals surface area contributed by atoms with Crippen LogP contribution in [-0.2, 0) is 14.2 Å². The summed E-state index contributed by atoms with van der Waals surface area (Å²) < 4.78 is 17.2. The predicted molar refractivity (Wildman–Crippen MR) is 84.9 cm³/mol. The summed E-state index contributed by atoms with van der Waals surface area (Å²) in [6.07, 6.45) is 0. The van der Waals surface area contributed by atoms with Crippen LogP contribution >= 0.6 is 45.2 Å². The first kappa shape index (κ1) is 16.1. The van der Waals surface area contributed by atoms with Crippen molar-refractivity contribution in [1.82, 2.24) is 0 Å². The third-order valence-corrected chi connectivity index (χ3v) is 3.24. The van der Waals surface area contributed by atoms with E-state index in [1.165, 1.54) is 0 Å². The van der Waals surface area contributed by atoms with Crippen LogP contribution in [0.1, 0.15) is 10.4 Å². The molecule has 0 unspecified atom stereocenters. The summed E-state index contributed by atoms with van der Waals surface area (Å²) in [6, 6.07) is 5.60. The van der Waals surface area contributed by atoms with Gasteiger partial charge in [-0.1, -0.05) is 0 Å². The van der Waals surface area contributed by atoms with Crippen LogP contribution in [-0.4, -0.2) is 39.5 Å². The average molecular weight is 476 g/mol. The van der Waals surface area contributed by atoms with Gasteiger partial charge in [-0.15, -0.1) is 0 Å². The molecular formula is C12H14I2O4. The second-order valence-corrected chi connectivity index (χ2v) is 5.89. The van der Waals surface area contributed by atoms with Crippen LogP contribution in [0.15, 0.2) is 18.2 Å². The van der Waals surface area contributed by atoms with Crippen molar-refractivity contribution in [2.45, 2.75) is 0 Å². The molecule has 100 valence electrons. The Labute approximate surface area is 134 Å². The van der Waals surface area contributed by atoms with Crippen molar-refractivity contribution in [2.24, 2.45) is 0 Å². The van der Waals surface area contributed by atoms with E-state index in [1.807, 2.05) is 6.07 Å². The number of methoxy groups -OCH3 is 1. The summed E-state index contributed by atoms with van der Waals surface area (Å²) in [5, 5.41) is 0. The van der Waals surface area contributed by atoms with Gasteiger partial charge in [0.15, 0.2) is 0 Å². The highest BCUT2D eigenvalue weighted by molar-refractivity contribution is 14.1. The van der Waals surface area contributed by atoms with Crippen molar-refractivity contribution in [3.8, 4) is 0 Å². The number of carbonyl (C=O) groups excluding carboxylic acids is 1. The summed E-state index contributed by atoms with van der Waals surface area (Å²) in [5.74, 6) is -0.318. The molecule has 1 aromatic rings. The number of hydrogen-bond donors (Lipinski definition) is 0. The van der Waals surface area contributed by atoms with E-state index < -0.39 is 0 Å². The lowest BCUT2D eigenvalue weighted by molar-refractivity contribution is 0.0213. The molecule has 0 N–H and O–H groups in total. The lowest BCUT2D eigenvalue weighted by atomic mass is 10.2. The Morgan fingerprint density at radius 2 is 1.67 bits per heavy atom. The molecule has 0 bridgehead atoms. The van der Waals surface area contributed by atoms with E-state index >= 15 is 0 Å². The molecule has 0 heterocycles. The van der Waals surface area contributed by atoms with E-state index in [9.17, 15) is 4.79 Å². The molecule has 1 aromatic carbocycles. The van der Waals surface area contributed by atoms with Crippen LogP contribution in [0.3, 0.4) is 0 Å². The number of rotatable bonds is 7. The Bertz CT molecular complexity index is 375. The van der Waals surface area contributed by atoms with Gasteiger partial charge in [0.05, 0.1) is 25.4 Å². The van der Waals surface area contributed by atoms with Crippen molar-refractivity contribution < 1.29 is 19.0 Å². The first-order valence-electron chi connectivity index (χ1n) is 5.33. The fourth-order valence-electron chi connectivity index (χ4n) is 1.19. The van der Waals surface area contributed by atoms with Gasteiger partial charge in [-0.3, -0.25) is 0 Å². The molecule has 0 atom stereocenters. The summed E-state index contributed by atoms with van der Waals surface area (Å²) in [6.45, 7) is 1.69. The summed E-state index contributed by atoms with van der Waals surface area (Å²) >= 11 is 4.35. The van der Waals surface area contributed by atoms with Gasteiger partial charge in [0.1, 0.15) is 6.61 Å². The largest absolute Gasteiger partial charge is 0.460 e. The van der Waals surface area contributed by atoms with Crippen molar-refractivity contribution in [3.05, 3.63) is 30.9 Å². The molecule has 1 rings (SSSR count). The zero-order valence-electron chi connectivity index (χ0n) is 9.95. The standard InChI is InChI=1S/C12H14I2O4/c1-16-2-3-17-4-5-18-12(15)9-6-10(13)8-11(14)7-9/h6-8H,2-5H2,1H3. The van der Waals surface area contributed by atoms with Crippen LogP contribution in [0, 0.1) is 7.14 Å². The van der Waals surface area contributed by atoms with Crippen LogP contribution in [0.2, 0.25) is 0 Å². The number of ether oxygens (including phenoxy) is 3. The fourth-order valence-corrected chi connectivity index (χ4v) is 3.13. The van der Waals surface area contributed by atoms with E-state index in [1.54, 1.807) is 19.2 Å². The number of hydrogen-bond acceptors (Lipinski definition) is 4. The quantitative estimate of drug-likeness (QED) is 0.345. The van der Waals surface area contributed by atoms with E-state index in [4.69, 9.17) is 14.2 Å². The molecule has 6 heteroatoms. The van der Waals surface area contributed by atoms with Crippen molar-refractivity contribution >= 4 is 51.2 Å². The molecule has 0 aliphatic heterocycles. The smallest absolute Gasteiger partial charge is 0.338 e. The minimum absolute atomic E-state index is 0.255. The molecule has 0 saturated carbocycles. The Kier molecular flexibility index (Phi) is 8.11. The van der Waals surface area contributed by atoms with Gasteiger partial charge in [-0.2, -0.15) is 0 Å². The van der Waals surface area contributed by atoms with Gasteiger partial charge in [0.25, 0.3) is 0 Å². The van der Waals surface area contributed by atoms with Crippen molar-refractivity contribution in [2.75, 3.05) is 33.5 Å². The molecule has 0 amide bonds. The Morgan fingerprint density at radius 1 is 1.06 bits per heavy atom. The SMILES string of the molecule is COCCOCCOC(=O)c1cc(I)cc(I)c1. The van der Waals surface area contributed by atoms with Crippen LogP contribution in [0.4, 0.5) is 0 Å². The molecule has 0 aliphatic carbocycles. The number of benzene rings is 1. The van der Waals surface area contributed by atoms with E-state index in [-0.39, 0.29) is 12.6 Å². The zero-order chi connectivity index (χ0) is 13.4. The molecule has 0 fully saturated rings. The average Bonchev–Trinajstić information content (AvgIpc) is 2.32. The lowest BCUT2D eigenvalue weighted by Gasteiger charge is -2.06. The fraction of sp³-hybridized carbons (Fsp3) is 0.417. The molecule has 0 saturated heterocycles. The number of esters is 1. The van der Waals surface area contributed by atoms with Gasteiger partial charge in [0, 0.05) is 14.3 Å². The van der Waals surface area contributed by atoms with Crippen molar-refractivity contribution in [1.29, 1.82) is 0 Å². The van der Waals surface area contributed by atoms with Gasteiger partial charge >= 0.3 is 5.97 Å². The minimum atomic E-state index is -0.318. The first-order valence-corrected chi connectivity index (χ1v) is 7.49. The molecule has 0 radical (unpaired) electrons. The lowest BCUT2D eigenvalue weighted by Crippen LogP contribution is -2.12. The second-order valence-electron chi connectivity index (χ2n) is 3.40. The van der Waals surface area contributed by atoms with Gasteiger partial charge in [-0.05, 0) is 63.4 Å². The number of carbonyl (C=O) groups is 1. The second kappa shape index (κ2) is 9.05. The molecule has 0 spiro atoms. The topological polar surface area (TPSA) is 44.8 Å². The third kappa shape index (κ3) is 6.30. The number of halogens is 2. The van der Waals surface area contributed by atoms with Gasteiger partial charge in [-0.25, -0.2) is 4.79 Å². The van der Waals surface area contributed by atoms with Gasteiger partial charge in [0.2, 0.25) is 0 Å². The summed E-state index contributed by atoms with van der Waals surface area (Å²) in [7, 11) is 1.61. The highest BCUT2D eigenvalue weighted by Crippen LogP contribution is 2.15. The minimum Gasteiger partial charge on any atom is -0.460 e. The predicted octanol–water partition coefficient (Wildman–Crippen LogP) is 2.72. The van der Waals surface area contributed by atoms with Crippen LogP contribution in [0.25, 0.3) is 0 Å². The maximum absolute atomic E-state index is 11.7. The summed E-state index contributed by atoms with van der Waals surface area (Å²) in [4.78, 5) is 11.7. The first-order chi connectivity index (χ1) is 8.63. The van der Waals surface area contributed by atoms with E-state index in [2.05, 4.69) is 45.2 Å². The maximum Gasteiger partial charge on any atom is 0.338 e. The Hall–Kier alpha value is 0.0700. The normalized spacial score (nSPS) is 10.4. The van der Waals surface area contributed by atoms with E-state index in [0.29, 0.717) is 25.4 Å². The Balaban J connectivity index is 2.32. The summed E-state index contributed by atoms with van der Waals surface area (Å²) in [5.41, 5.74) is 0.572. The Morgan fingerprint density at radius 3 is 2.28 bits per heavy atom. The molecule has 4 nitrogen and oxygen atoms in total. The van der Waals surface area contributed by atoms with Gasteiger partial charge < -0.3 is 14.2 Å². The van der Waals surface area contributed by atoms with Crippen molar-refractivity contribution in [3.63, 3.8) is 0 Å². The molecule has 0 aromatic heterocycles. The monoisotopic (exact) mass is 476 g/mol. The highest BCUT2D eigenvalue weighted by Gasteiger charge is 2.08. The van der Waals surface area contributed by atoms with E-state index in [0.717, 1.165) is 7.14 Å². The maximum atomic E-state index is 11.7. The molecular weight excluding hydrogens is 462 g/mol. The zero-order valence-corrected chi connectivity index (χ0v) is 14.3. The van der Waals surface area contributed by atoms with Crippen LogP contribution in [0.5, 0.6) is 0 Å². The molecule has 18 heavy (non-hydrogen) atoms.